The lowest BCUT2D eigenvalue weighted by Gasteiger charge is -2.22. The maximum absolute atomic E-state index is 11.0. The molecule has 0 radical (unpaired) electrons. The van der Waals surface area contributed by atoms with Gasteiger partial charge < -0.3 is 15.3 Å². The summed E-state index contributed by atoms with van der Waals surface area (Å²) in [6.45, 7) is 5.36. The van der Waals surface area contributed by atoms with Gasteiger partial charge in [0.05, 0.1) is 6.61 Å². The minimum absolute atomic E-state index is 0.0214. The standard InChI is InChI=1S/C14H20N2O2/c1-10-3-4-14(12(7-10)9-17)16-6-5-13(8-16)15-11(2)18/h3-4,7,13,17H,5-6,8-9H2,1-2H3,(H,15,18). The molecule has 1 saturated heterocycles. The topological polar surface area (TPSA) is 52.6 Å². The Morgan fingerprint density at radius 1 is 1.56 bits per heavy atom. The van der Waals surface area contributed by atoms with E-state index in [0.717, 1.165) is 36.3 Å². The summed E-state index contributed by atoms with van der Waals surface area (Å²) in [4.78, 5) is 13.3. The van der Waals surface area contributed by atoms with Gasteiger partial charge in [0.1, 0.15) is 0 Å². The molecule has 18 heavy (non-hydrogen) atoms. The molecule has 1 heterocycles. The Labute approximate surface area is 108 Å². The van der Waals surface area contributed by atoms with E-state index in [1.165, 1.54) is 0 Å². The van der Waals surface area contributed by atoms with E-state index in [2.05, 4.69) is 22.3 Å². The third kappa shape index (κ3) is 2.82. The number of carbonyl (C=O) groups excluding carboxylic acids is 1. The largest absolute Gasteiger partial charge is 0.392 e. The average molecular weight is 248 g/mol. The van der Waals surface area contributed by atoms with Crippen molar-refractivity contribution in [1.82, 2.24) is 5.32 Å². The Morgan fingerprint density at radius 3 is 3.00 bits per heavy atom. The first-order valence-electron chi connectivity index (χ1n) is 6.32. The van der Waals surface area contributed by atoms with Gasteiger partial charge in [0, 0.05) is 37.3 Å². The van der Waals surface area contributed by atoms with Gasteiger partial charge in [-0.15, -0.1) is 0 Å². The Hall–Kier alpha value is -1.55. The molecule has 1 aliphatic rings. The summed E-state index contributed by atoms with van der Waals surface area (Å²) >= 11 is 0. The smallest absolute Gasteiger partial charge is 0.217 e. The Morgan fingerprint density at radius 2 is 2.33 bits per heavy atom. The maximum atomic E-state index is 11.0. The quantitative estimate of drug-likeness (QED) is 0.845. The summed E-state index contributed by atoms with van der Waals surface area (Å²) in [6, 6.07) is 6.34. The number of hydrogen-bond donors (Lipinski definition) is 2. The highest BCUT2D eigenvalue weighted by Gasteiger charge is 2.24. The van der Waals surface area contributed by atoms with E-state index >= 15 is 0 Å². The highest BCUT2D eigenvalue weighted by molar-refractivity contribution is 5.73. The molecule has 1 unspecified atom stereocenters. The molecule has 0 aromatic heterocycles. The van der Waals surface area contributed by atoms with Gasteiger partial charge in [-0.1, -0.05) is 17.7 Å². The number of benzene rings is 1. The molecule has 1 amide bonds. The highest BCUT2D eigenvalue weighted by atomic mass is 16.3. The van der Waals surface area contributed by atoms with Crippen molar-refractivity contribution >= 4 is 11.6 Å². The molecule has 1 aromatic carbocycles. The second-order valence-corrected chi connectivity index (χ2v) is 4.92. The number of aliphatic hydroxyl groups is 1. The second-order valence-electron chi connectivity index (χ2n) is 4.92. The fourth-order valence-electron chi connectivity index (χ4n) is 2.53. The summed E-state index contributed by atoms with van der Waals surface area (Å²) < 4.78 is 0. The monoisotopic (exact) mass is 248 g/mol. The first-order chi connectivity index (χ1) is 8.60. The van der Waals surface area contributed by atoms with Gasteiger partial charge in [0.2, 0.25) is 5.91 Å². The van der Waals surface area contributed by atoms with Crippen LogP contribution in [-0.4, -0.2) is 30.1 Å². The van der Waals surface area contributed by atoms with E-state index in [4.69, 9.17) is 0 Å². The lowest BCUT2D eigenvalue weighted by molar-refractivity contribution is -0.119. The summed E-state index contributed by atoms with van der Waals surface area (Å²) in [5, 5.41) is 12.4. The molecular weight excluding hydrogens is 228 g/mol. The van der Waals surface area contributed by atoms with Crippen molar-refractivity contribution in [2.75, 3.05) is 18.0 Å². The van der Waals surface area contributed by atoms with Crippen LogP contribution in [0.2, 0.25) is 0 Å². The van der Waals surface area contributed by atoms with Crippen LogP contribution in [0.1, 0.15) is 24.5 Å². The molecule has 0 bridgehead atoms. The minimum Gasteiger partial charge on any atom is -0.392 e. The second kappa shape index (κ2) is 5.40. The number of nitrogens with zero attached hydrogens (tertiary/aromatic N) is 1. The summed E-state index contributed by atoms with van der Waals surface area (Å²) in [5.41, 5.74) is 3.19. The lowest BCUT2D eigenvalue weighted by Crippen LogP contribution is -2.35. The molecule has 1 fully saturated rings. The number of aryl methyl sites for hydroxylation is 1. The van der Waals surface area contributed by atoms with Crippen molar-refractivity contribution in [3.8, 4) is 0 Å². The minimum atomic E-state index is 0.0214. The predicted molar refractivity (Wildman–Crippen MR) is 71.5 cm³/mol. The molecule has 2 N–H and O–H groups in total. The van der Waals surface area contributed by atoms with Crippen molar-refractivity contribution in [3.05, 3.63) is 29.3 Å². The number of rotatable bonds is 3. The van der Waals surface area contributed by atoms with E-state index in [1.54, 1.807) is 6.92 Å². The summed E-state index contributed by atoms with van der Waals surface area (Å²) in [5.74, 6) is 0.0214. The Kier molecular flexibility index (Phi) is 3.87. The highest BCUT2D eigenvalue weighted by Crippen LogP contribution is 2.25. The van der Waals surface area contributed by atoms with Gasteiger partial charge in [0.15, 0.2) is 0 Å². The van der Waals surface area contributed by atoms with Crippen LogP contribution in [0.3, 0.4) is 0 Å². The Bertz CT molecular complexity index is 445. The molecule has 0 spiro atoms. The zero-order valence-corrected chi connectivity index (χ0v) is 10.9. The van der Waals surface area contributed by atoms with Crippen LogP contribution in [0.4, 0.5) is 5.69 Å². The average Bonchev–Trinajstić information content (AvgIpc) is 2.76. The SMILES string of the molecule is CC(=O)NC1CCN(c2ccc(C)cc2CO)C1. The molecule has 4 nitrogen and oxygen atoms in total. The molecule has 1 aliphatic heterocycles. The van der Waals surface area contributed by atoms with Crippen molar-refractivity contribution < 1.29 is 9.90 Å². The molecule has 2 rings (SSSR count). The van der Waals surface area contributed by atoms with Crippen molar-refractivity contribution in [2.45, 2.75) is 32.9 Å². The van der Waals surface area contributed by atoms with Crippen LogP contribution < -0.4 is 10.2 Å². The fraction of sp³-hybridized carbons (Fsp3) is 0.500. The lowest BCUT2D eigenvalue weighted by atomic mass is 10.1. The molecule has 4 heteroatoms. The molecule has 1 aromatic rings. The number of amides is 1. The molecule has 0 saturated carbocycles. The number of anilines is 1. The molecular formula is C14H20N2O2. The van der Waals surface area contributed by atoms with Crippen molar-refractivity contribution in [3.63, 3.8) is 0 Å². The van der Waals surface area contributed by atoms with Crippen LogP contribution in [0, 0.1) is 6.92 Å². The van der Waals surface area contributed by atoms with Crippen molar-refractivity contribution in [1.29, 1.82) is 0 Å². The van der Waals surface area contributed by atoms with Gasteiger partial charge in [-0.2, -0.15) is 0 Å². The van der Waals surface area contributed by atoms with Gasteiger partial charge in [-0.3, -0.25) is 4.79 Å². The van der Waals surface area contributed by atoms with E-state index < -0.39 is 0 Å². The van der Waals surface area contributed by atoms with Gasteiger partial charge in [-0.25, -0.2) is 0 Å². The van der Waals surface area contributed by atoms with Crippen molar-refractivity contribution in [2.24, 2.45) is 0 Å². The maximum Gasteiger partial charge on any atom is 0.217 e. The van der Waals surface area contributed by atoms with E-state index in [9.17, 15) is 9.90 Å². The third-order valence-electron chi connectivity index (χ3n) is 3.34. The molecule has 0 aliphatic carbocycles. The number of carbonyl (C=O) groups is 1. The molecule has 98 valence electrons. The zero-order chi connectivity index (χ0) is 13.1. The number of hydrogen-bond acceptors (Lipinski definition) is 3. The summed E-state index contributed by atoms with van der Waals surface area (Å²) in [6.07, 6.45) is 0.957. The zero-order valence-electron chi connectivity index (χ0n) is 10.9. The normalized spacial score (nSPS) is 19.1. The first kappa shape index (κ1) is 12.9. The van der Waals surface area contributed by atoms with Gasteiger partial charge >= 0.3 is 0 Å². The van der Waals surface area contributed by atoms with Crippen LogP contribution in [-0.2, 0) is 11.4 Å². The number of aliphatic hydroxyl groups excluding tert-OH is 1. The predicted octanol–water partition coefficient (Wildman–Crippen LogP) is 1.20. The van der Waals surface area contributed by atoms with Crippen LogP contribution in [0.5, 0.6) is 0 Å². The van der Waals surface area contributed by atoms with Gasteiger partial charge in [0.25, 0.3) is 0 Å². The van der Waals surface area contributed by atoms with E-state index in [0.29, 0.717) is 0 Å². The van der Waals surface area contributed by atoms with Gasteiger partial charge in [-0.05, 0) is 19.4 Å². The number of nitrogens with one attached hydrogen (secondary N) is 1. The molecule has 1 atom stereocenters. The Balaban J connectivity index is 2.11. The first-order valence-corrected chi connectivity index (χ1v) is 6.32. The van der Waals surface area contributed by atoms with Crippen LogP contribution >= 0.6 is 0 Å². The van der Waals surface area contributed by atoms with E-state index in [-0.39, 0.29) is 18.6 Å². The van der Waals surface area contributed by atoms with Crippen LogP contribution in [0.25, 0.3) is 0 Å². The summed E-state index contributed by atoms with van der Waals surface area (Å²) in [7, 11) is 0. The fourth-order valence-corrected chi connectivity index (χ4v) is 2.53. The third-order valence-corrected chi connectivity index (χ3v) is 3.34. The van der Waals surface area contributed by atoms with E-state index in [1.807, 2.05) is 13.0 Å². The van der Waals surface area contributed by atoms with Crippen LogP contribution in [0.15, 0.2) is 18.2 Å².